The summed E-state index contributed by atoms with van der Waals surface area (Å²) in [4.78, 5) is 29.9. The molecule has 5 aromatic rings. The van der Waals surface area contributed by atoms with Crippen LogP contribution in [0.25, 0.3) is 22.1 Å². The number of carbonyl (C=O) groups is 1. The lowest BCUT2D eigenvalue weighted by Gasteiger charge is -2.12. The Labute approximate surface area is 180 Å². The maximum absolute atomic E-state index is 14.6. The van der Waals surface area contributed by atoms with Crippen molar-refractivity contribution in [1.82, 2.24) is 24.5 Å². The van der Waals surface area contributed by atoms with Crippen molar-refractivity contribution in [3.05, 3.63) is 107 Å². The van der Waals surface area contributed by atoms with Crippen molar-refractivity contribution < 1.29 is 9.18 Å². The Morgan fingerprint density at radius 3 is 2.41 bits per heavy atom. The molecule has 0 atom stereocenters. The summed E-state index contributed by atoms with van der Waals surface area (Å²) in [5, 5.41) is 11.6. The number of anilines is 1. The van der Waals surface area contributed by atoms with E-state index in [-0.39, 0.29) is 22.6 Å². The van der Waals surface area contributed by atoms with Crippen LogP contribution in [0.5, 0.6) is 0 Å². The molecule has 0 aliphatic rings. The second kappa shape index (κ2) is 7.88. The van der Waals surface area contributed by atoms with Crippen LogP contribution in [0.4, 0.5) is 10.1 Å². The zero-order valence-electron chi connectivity index (χ0n) is 16.5. The predicted molar refractivity (Wildman–Crippen MR) is 117 cm³/mol. The SMILES string of the molecule is O=C(Nc1ccc(-n2cncn2)c(F)c1)c1nn(-c2ccccc2)c(=O)c2ccccc12. The van der Waals surface area contributed by atoms with Gasteiger partial charge in [0.1, 0.15) is 18.3 Å². The van der Waals surface area contributed by atoms with Crippen molar-refractivity contribution in [3.63, 3.8) is 0 Å². The highest BCUT2D eigenvalue weighted by atomic mass is 19.1. The molecular weight excluding hydrogens is 411 g/mol. The van der Waals surface area contributed by atoms with Gasteiger partial charge in [-0.15, -0.1) is 0 Å². The van der Waals surface area contributed by atoms with Gasteiger partial charge in [0.05, 0.1) is 11.1 Å². The molecule has 156 valence electrons. The van der Waals surface area contributed by atoms with Gasteiger partial charge in [0, 0.05) is 11.1 Å². The van der Waals surface area contributed by atoms with E-state index >= 15 is 0 Å². The number of halogens is 1. The third-order valence-corrected chi connectivity index (χ3v) is 4.89. The van der Waals surface area contributed by atoms with E-state index in [0.29, 0.717) is 16.5 Å². The fourth-order valence-electron chi connectivity index (χ4n) is 3.39. The first kappa shape index (κ1) is 19.3. The molecule has 8 nitrogen and oxygen atoms in total. The van der Waals surface area contributed by atoms with E-state index in [1.54, 1.807) is 54.6 Å². The van der Waals surface area contributed by atoms with Crippen molar-refractivity contribution in [2.75, 3.05) is 5.32 Å². The quantitative estimate of drug-likeness (QED) is 0.476. The number of nitrogens with zero attached hydrogens (tertiary/aromatic N) is 5. The molecule has 0 aliphatic carbocycles. The third kappa shape index (κ3) is 3.41. The highest BCUT2D eigenvalue weighted by Gasteiger charge is 2.18. The fourth-order valence-corrected chi connectivity index (χ4v) is 3.39. The number of aromatic nitrogens is 5. The van der Waals surface area contributed by atoms with E-state index in [1.807, 2.05) is 6.07 Å². The molecule has 1 N–H and O–H groups in total. The summed E-state index contributed by atoms with van der Waals surface area (Å²) in [5.41, 5.74) is 0.665. The molecule has 3 aromatic carbocycles. The number of amides is 1. The van der Waals surface area contributed by atoms with Gasteiger partial charge in [-0.1, -0.05) is 36.4 Å². The smallest absolute Gasteiger partial charge is 0.279 e. The minimum absolute atomic E-state index is 0.0461. The Bertz CT molecular complexity index is 1500. The third-order valence-electron chi connectivity index (χ3n) is 4.89. The second-order valence-corrected chi connectivity index (χ2v) is 6.91. The lowest BCUT2D eigenvalue weighted by atomic mass is 10.1. The van der Waals surface area contributed by atoms with E-state index in [1.165, 1.54) is 34.2 Å². The van der Waals surface area contributed by atoms with E-state index in [2.05, 4.69) is 20.5 Å². The van der Waals surface area contributed by atoms with Crippen molar-refractivity contribution in [2.45, 2.75) is 0 Å². The second-order valence-electron chi connectivity index (χ2n) is 6.91. The largest absolute Gasteiger partial charge is 0.320 e. The Morgan fingerprint density at radius 2 is 1.69 bits per heavy atom. The van der Waals surface area contributed by atoms with Crippen LogP contribution in [0.3, 0.4) is 0 Å². The Balaban J connectivity index is 1.56. The molecule has 0 saturated heterocycles. The van der Waals surface area contributed by atoms with Crippen molar-refractivity contribution in [2.24, 2.45) is 0 Å². The van der Waals surface area contributed by atoms with Crippen LogP contribution in [0.15, 0.2) is 90.2 Å². The maximum atomic E-state index is 14.6. The van der Waals surface area contributed by atoms with Crippen LogP contribution in [0.2, 0.25) is 0 Å². The lowest BCUT2D eigenvalue weighted by Crippen LogP contribution is -2.26. The first-order chi connectivity index (χ1) is 15.6. The molecule has 0 radical (unpaired) electrons. The van der Waals surface area contributed by atoms with Crippen molar-refractivity contribution >= 4 is 22.4 Å². The molecule has 0 unspecified atom stereocenters. The summed E-state index contributed by atoms with van der Waals surface area (Å²) >= 11 is 0. The summed E-state index contributed by atoms with van der Waals surface area (Å²) < 4.78 is 17.0. The topological polar surface area (TPSA) is 94.7 Å². The van der Waals surface area contributed by atoms with Gasteiger partial charge in [-0.05, 0) is 36.4 Å². The van der Waals surface area contributed by atoms with E-state index < -0.39 is 11.7 Å². The molecule has 0 fully saturated rings. The van der Waals surface area contributed by atoms with Crippen LogP contribution in [0, 0.1) is 5.82 Å². The molecule has 1 amide bonds. The molecule has 9 heteroatoms. The molecule has 5 rings (SSSR count). The standard InChI is InChI=1S/C23H15FN6O2/c24-19-12-15(10-11-20(19)29-14-25-13-26-29)27-22(31)21-17-8-4-5-9-18(17)23(32)30(28-21)16-6-2-1-3-7-16/h1-14H,(H,27,31). The van der Waals surface area contributed by atoms with Crippen LogP contribution in [0.1, 0.15) is 10.5 Å². The monoisotopic (exact) mass is 426 g/mol. The number of nitrogens with one attached hydrogen (secondary N) is 1. The summed E-state index contributed by atoms with van der Waals surface area (Å²) in [7, 11) is 0. The number of hydrogen-bond donors (Lipinski definition) is 1. The van der Waals surface area contributed by atoms with Crippen LogP contribution >= 0.6 is 0 Å². The van der Waals surface area contributed by atoms with Gasteiger partial charge >= 0.3 is 0 Å². The summed E-state index contributed by atoms with van der Waals surface area (Å²) in [6, 6.07) is 19.8. The van der Waals surface area contributed by atoms with Crippen LogP contribution in [-0.2, 0) is 0 Å². The fraction of sp³-hybridized carbons (Fsp3) is 0. The van der Waals surface area contributed by atoms with Gasteiger partial charge < -0.3 is 5.32 Å². The summed E-state index contributed by atoms with van der Waals surface area (Å²) in [5.74, 6) is -1.15. The van der Waals surface area contributed by atoms with Gasteiger partial charge in [0.15, 0.2) is 11.5 Å². The van der Waals surface area contributed by atoms with E-state index in [4.69, 9.17) is 0 Å². The number of rotatable bonds is 4. The normalized spacial score (nSPS) is 10.9. The lowest BCUT2D eigenvalue weighted by molar-refractivity contribution is 0.102. The Kier molecular flexibility index (Phi) is 4.75. The molecule has 0 aliphatic heterocycles. The summed E-state index contributed by atoms with van der Waals surface area (Å²) in [6.45, 7) is 0. The average Bonchev–Trinajstić information content (AvgIpc) is 3.35. The minimum atomic E-state index is -0.583. The Hall–Kier alpha value is -4.66. The maximum Gasteiger partial charge on any atom is 0.279 e. The van der Waals surface area contributed by atoms with E-state index in [9.17, 15) is 14.0 Å². The van der Waals surface area contributed by atoms with Gasteiger partial charge in [0.2, 0.25) is 0 Å². The first-order valence-electron chi connectivity index (χ1n) is 9.65. The molecular formula is C23H15FN6O2. The average molecular weight is 426 g/mol. The molecule has 2 aromatic heterocycles. The minimum Gasteiger partial charge on any atom is -0.320 e. The molecule has 0 bridgehead atoms. The van der Waals surface area contributed by atoms with Crippen molar-refractivity contribution in [3.8, 4) is 11.4 Å². The highest BCUT2D eigenvalue weighted by molar-refractivity contribution is 6.11. The van der Waals surface area contributed by atoms with Crippen LogP contribution < -0.4 is 10.9 Å². The van der Waals surface area contributed by atoms with E-state index in [0.717, 1.165) is 0 Å². The zero-order chi connectivity index (χ0) is 22.1. The molecule has 32 heavy (non-hydrogen) atoms. The number of hydrogen-bond acceptors (Lipinski definition) is 5. The zero-order valence-corrected chi connectivity index (χ0v) is 16.5. The Morgan fingerprint density at radius 1 is 0.938 bits per heavy atom. The first-order valence-corrected chi connectivity index (χ1v) is 9.65. The van der Waals surface area contributed by atoms with Gasteiger partial charge in [-0.2, -0.15) is 14.9 Å². The van der Waals surface area contributed by atoms with Gasteiger partial charge in [0.25, 0.3) is 11.5 Å². The molecule has 2 heterocycles. The number of benzene rings is 3. The van der Waals surface area contributed by atoms with Gasteiger partial charge in [-0.25, -0.2) is 14.1 Å². The number of para-hydroxylation sites is 1. The molecule has 0 saturated carbocycles. The van der Waals surface area contributed by atoms with Crippen LogP contribution in [-0.4, -0.2) is 30.5 Å². The summed E-state index contributed by atoms with van der Waals surface area (Å²) in [6.07, 6.45) is 2.67. The van der Waals surface area contributed by atoms with Crippen molar-refractivity contribution in [1.29, 1.82) is 0 Å². The predicted octanol–water partition coefficient (Wildman–Crippen LogP) is 3.36. The number of carbonyl (C=O) groups excluding carboxylic acids is 1. The highest BCUT2D eigenvalue weighted by Crippen LogP contribution is 2.20. The van der Waals surface area contributed by atoms with Gasteiger partial charge in [-0.3, -0.25) is 9.59 Å². The molecule has 0 spiro atoms. The number of fused-ring (bicyclic) bond motifs is 1.